The molecule has 1 aromatic carbocycles. The van der Waals surface area contributed by atoms with Crippen LogP contribution < -0.4 is 14.4 Å². The molecular formula is C16H22N2O4. The first-order valence-electron chi connectivity index (χ1n) is 7.36. The Kier molecular flexibility index (Phi) is 4.90. The molecule has 1 aliphatic heterocycles. The predicted octanol–water partition coefficient (Wildman–Crippen LogP) is 1.68. The van der Waals surface area contributed by atoms with Crippen LogP contribution in [0.5, 0.6) is 11.5 Å². The van der Waals surface area contributed by atoms with E-state index in [0.717, 1.165) is 5.69 Å². The zero-order chi connectivity index (χ0) is 16.3. The summed E-state index contributed by atoms with van der Waals surface area (Å²) in [5, 5.41) is 0. The van der Waals surface area contributed by atoms with E-state index >= 15 is 0 Å². The molecule has 120 valence electrons. The third-order valence-corrected chi connectivity index (χ3v) is 3.96. The number of carbonyl (C=O) groups is 2. The molecule has 2 rings (SSSR count). The van der Waals surface area contributed by atoms with Crippen molar-refractivity contribution in [2.75, 3.05) is 32.2 Å². The Balaban J connectivity index is 2.24. The van der Waals surface area contributed by atoms with E-state index in [1.807, 2.05) is 6.07 Å². The molecule has 0 saturated carbocycles. The summed E-state index contributed by atoms with van der Waals surface area (Å²) in [6.07, 6.45) is 0.411. The van der Waals surface area contributed by atoms with Crippen LogP contribution in [0.3, 0.4) is 0 Å². The second-order valence-corrected chi connectivity index (χ2v) is 5.15. The first-order chi connectivity index (χ1) is 10.5. The maximum atomic E-state index is 12.6. The molecule has 1 atom stereocenters. The lowest BCUT2D eigenvalue weighted by Gasteiger charge is -2.39. The number of piperazine rings is 1. The Morgan fingerprint density at radius 3 is 2.50 bits per heavy atom. The molecule has 0 bridgehead atoms. The Morgan fingerprint density at radius 1 is 1.23 bits per heavy atom. The van der Waals surface area contributed by atoms with Gasteiger partial charge in [0.15, 0.2) is 11.5 Å². The predicted molar refractivity (Wildman–Crippen MR) is 83.4 cm³/mol. The highest BCUT2D eigenvalue weighted by Crippen LogP contribution is 2.32. The minimum Gasteiger partial charge on any atom is -0.493 e. The molecule has 6 nitrogen and oxygen atoms in total. The van der Waals surface area contributed by atoms with E-state index in [1.165, 1.54) is 0 Å². The number of carbonyl (C=O) groups excluding carboxylic acids is 2. The zero-order valence-electron chi connectivity index (χ0n) is 13.5. The van der Waals surface area contributed by atoms with Crippen molar-refractivity contribution < 1.29 is 19.1 Å². The lowest BCUT2D eigenvalue weighted by Crippen LogP contribution is -2.57. The molecule has 0 aromatic heterocycles. The summed E-state index contributed by atoms with van der Waals surface area (Å²) in [5.74, 6) is 1.12. The SMILES string of the molecule is CCC(=O)N1CCN(c2ccc(OC)c(OC)c2)C(=O)C1C. The summed E-state index contributed by atoms with van der Waals surface area (Å²) in [6, 6.07) is 4.92. The molecule has 6 heteroatoms. The molecule has 1 saturated heterocycles. The fraction of sp³-hybridized carbons (Fsp3) is 0.500. The molecule has 22 heavy (non-hydrogen) atoms. The first-order valence-corrected chi connectivity index (χ1v) is 7.36. The summed E-state index contributed by atoms with van der Waals surface area (Å²) in [4.78, 5) is 27.8. The second-order valence-electron chi connectivity index (χ2n) is 5.15. The average molecular weight is 306 g/mol. The van der Waals surface area contributed by atoms with Crippen molar-refractivity contribution in [3.63, 3.8) is 0 Å². The summed E-state index contributed by atoms with van der Waals surface area (Å²) >= 11 is 0. The standard InChI is InChI=1S/C16H22N2O4/c1-5-15(19)17-8-9-18(16(20)11(17)2)12-6-7-13(21-3)14(10-12)22-4/h6-7,10-11H,5,8-9H2,1-4H3. The number of amides is 2. The van der Waals surface area contributed by atoms with Gasteiger partial charge in [0.1, 0.15) is 6.04 Å². The molecule has 1 aromatic rings. The minimum atomic E-state index is -0.450. The Hall–Kier alpha value is -2.24. The maximum Gasteiger partial charge on any atom is 0.249 e. The third-order valence-electron chi connectivity index (χ3n) is 3.96. The van der Waals surface area contributed by atoms with E-state index in [9.17, 15) is 9.59 Å². The quantitative estimate of drug-likeness (QED) is 0.849. The van der Waals surface area contributed by atoms with Crippen molar-refractivity contribution in [2.45, 2.75) is 26.3 Å². The van der Waals surface area contributed by atoms with Crippen LogP contribution in [0.1, 0.15) is 20.3 Å². The van der Waals surface area contributed by atoms with Crippen LogP contribution in [0.2, 0.25) is 0 Å². The lowest BCUT2D eigenvalue weighted by atomic mass is 10.1. The average Bonchev–Trinajstić information content (AvgIpc) is 2.56. The first kappa shape index (κ1) is 16.1. The summed E-state index contributed by atoms with van der Waals surface area (Å²) in [7, 11) is 3.13. The molecule has 1 heterocycles. The van der Waals surface area contributed by atoms with Gasteiger partial charge in [0, 0.05) is 31.3 Å². The molecule has 1 aliphatic rings. The number of nitrogens with zero attached hydrogens (tertiary/aromatic N) is 2. The summed E-state index contributed by atoms with van der Waals surface area (Å²) in [6.45, 7) is 4.58. The summed E-state index contributed by atoms with van der Waals surface area (Å²) in [5.41, 5.74) is 0.748. The molecule has 1 fully saturated rings. The minimum absolute atomic E-state index is 0.00723. The molecule has 2 amide bonds. The number of ether oxygens (including phenoxy) is 2. The third kappa shape index (κ3) is 2.86. The van der Waals surface area contributed by atoms with Crippen LogP contribution in [0.25, 0.3) is 0 Å². The van der Waals surface area contributed by atoms with Gasteiger partial charge in [-0.05, 0) is 19.1 Å². The van der Waals surface area contributed by atoms with Gasteiger partial charge < -0.3 is 19.3 Å². The molecule has 1 unspecified atom stereocenters. The Morgan fingerprint density at radius 2 is 1.91 bits per heavy atom. The zero-order valence-corrected chi connectivity index (χ0v) is 13.5. The van der Waals surface area contributed by atoms with E-state index in [1.54, 1.807) is 50.0 Å². The van der Waals surface area contributed by atoms with Crippen molar-refractivity contribution >= 4 is 17.5 Å². The van der Waals surface area contributed by atoms with Crippen molar-refractivity contribution in [1.82, 2.24) is 4.90 Å². The highest BCUT2D eigenvalue weighted by Gasteiger charge is 2.34. The number of hydrogen-bond acceptors (Lipinski definition) is 4. The highest BCUT2D eigenvalue weighted by molar-refractivity contribution is 6.00. The van der Waals surface area contributed by atoms with E-state index < -0.39 is 6.04 Å². The van der Waals surface area contributed by atoms with Gasteiger partial charge in [0.2, 0.25) is 11.8 Å². The highest BCUT2D eigenvalue weighted by atomic mass is 16.5. The summed E-state index contributed by atoms with van der Waals surface area (Å²) < 4.78 is 10.5. The number of methoxy groups -OCH3 is 2. The molecular weight excluding hydrogens is 284 g/mol. The van der Waals surface area contributed by atoms with Gasteiger partial charge in [-0.3, -0.25) is 9.59 Å². The van der Waals surface area contributed by atoms with Gasteiger partial charge in [0.25, 0.3) is 0 Å². The van der Waals surface area contributed by atoms with Crippen LogP contribution in [-0.4, -0.2) is 50.1 Å². The normalized spacial score (nSPS) is 18.4. The number of benzene rings is 1. The number of anilines is 1. The second kappa shape index (κ2) is 6.68. The fourth-order valence-electron chi connectivity index (χ4n) is 2.66. The topological polar surface area (TPSA) is 59.1 Å². The number of hydrogen-bond donors (Lipinski definition) is 0. The van der Waals surface area contributed by atoms with Gasteiger partial charge in [-0.15, -0.1) is 0 Å². The van der Waals surface area contributed by atoms with Crippen molar-refractivity contribution in [3.8, 4) is 11.5 Å². The molecule has 0 spiro atoms. The van der Waals surface area contributed by atoms with Gasteiger partial charge in [0.05, 0.1) is 14.2 Å². The van der Waals surface area contributed by atoms with E-state index in [2.05, 4.69) is 0 Å². The van der Waals surface area contributed by atoms with Gasteiger partial charge in [-0.25, -0.2) is 0 Å². The van der Waals surface area contributed by atoms with Crippen LogP contribution >= 0.6 is 0 Å². The maximum absolute atomic E-state index is 12.6. The van der Waals surface area contributed by atoms with Gasteiger partial charge >= 0.3 is 0 Å². The van der Waals surface area contributed by atoms with Gasteiger partial charge in [-0.2, -0.15) is 0 Å². The fourth-order valence-corrected chi connectivity index (χ4v) is 2.66. The van der Waals surface area contributed by atoms with E-state index in [4.69, 9.17) is 9.47 Å². The smallest absolute Gasteiger partial charge is 0.249 e. The Labute approximate surface area is 130 Å². The molecule has 0 N–H and O–H groups in total. The largest absolute Gasteiger partial charge is 0.493 e. The van der Waals surface area contributed by atoms with Crippen molar-refractivity contribution in [2.24, 2.45) is 0 Å². The van der Waals surface area contributed by atoms with Crippen LogP contribution in [-0.2, 0) is 9.59 Å². The van der Waals surface area contributed by atoms with Gasteiger partial charge in [-0.1, -0.05) is 6.92 Å². The number of rotatable bonds is 4. The van der Waals surface area contributed by atoms with E-state index in [0.29, 0.717) is 31.0 Å². The monoisotopic (exact) mass is 306 g/mol. The van der Waals surface area contributed by atoms with Crippen LogP contribution in [0.15, 0.2) is 18.2 Å². The van der Waals surface area contributed by atoms with Crippen LogP contribution in [0, 0.1) is 0 Å². The molecule has 0 aliphatic carbocycles. The Bertz CT molecular complexity index is 573. The van der Waals surface area contributed by atoms with Crippen molar-refractivity contribution in [1.29, 1.82) is 0 Å². The van der Waals surface area contributed by atoms with E-state index in [-0.39, 0.29) is 11.8 Å². The molecule has 0 radical (unpaired) electrons. The lowest BCUT2D eigenvalue weighted by molar-refractivity contribution is -0.140. The van der Waals surface area contributed by atoms with Crippen LogP contribution in [0.4, 0.5) is 5.69 Å². The van der Waals surface area contributed by atoms with Crippen molar-refractivity contribution in [3.05, 3.63) is 18.2 Å².